The molecule has 0 aliphatic heterocycles. The summed E-state index contributed by atoms with van der Waals surface area (Å²) in [6.45, 7) is -1.06. The number of hydrogen-bond acceptors (Lipinski definition) is 11. The summed E-state index contributed by atoms with van der Waals surface area (Å²) in [5.41, 5.74) is 1.76. The minimum atomic E-state index is -1.97. The Morgan fingerprint density at radius 2 is 1.00 bits per heavy atom. The zero-order chi connectivity index (χ0) is 47.1. The Morgan fingerprint density at radius 1 is 0.493 bits per heavy atom. The third-order valence-corrected chi connectivity index (χ3v) is 12.0. The van der Waals surface area contributed by atoms with Crippen molar-refractivity contribution in [3.63, 3.8) is 0 Å². The number of terminal acetylenes is 1. The molecule has 11 nitrogen and oxygen atoms in total. The molecular formula is C56H41NO10. The molecule has 11 heteroatoms. The predicted molar refractivity (Wildman–Crippen MR) is 261 cm³/mol. The van der Waals surface area contributed by atoms with Gasteiger partial charge in [-0.3, -0.25) is 0 Å². The van der Waals surface area contributed by atoms with Gasteiger partial charge in [0.25, 0.3) is 0 Å². The summed E-state index contributed by atoms with van der Waals surface area (Å²) in [5.74, 6) is -7.27. The van der Waals surface area contributed by atoms with Crippen molar-refractivity contribution in [1.29, 1.82) is 0 Å². The van der Waals surface area contributed by atoms with Crippen LogP contribution in [-0.4, -0.2) is 63.7 Å². The minimum absolute atomic E-state index is 0.146. The number of aliphatic hydroxyl groups excluding tert-OH is 6. The second-order valence-corrected chi connectivity index (χ2v) is 15.9. The number of nitrogens with zero attached hydrogens (tertiary/aromatic N) is 1. The van der Waals surface area contributed by atoms with Gasteiger partial charge in [-0.05, 0) is 84.6 Å². The number of allylic oxidation sites excluding steroid dienone is 3. The number of fused-ring (bicyclic) bond motifs is 2. The maximum Gasteiger partial charge on any atom is 0.186 e. The maximum absolute atomic E-state index is 12.1. The number of phenolic OH excluding ortho intramolecular Hbond substituents is 4. The van der Waals surface area contributed by atoms with Gasteiger partial charge in [-0.25, -0.2) is 0 Å². The van der Waals surface area contributed by atoms with Crippen molar-refractivity contribution in [1.82, 2.24) is 0 Å². The van der Waals surface area contributed by atoms with Crippen LogP contribution in [0.1, 0.15) is 11.1 Å². The molecule has 8 aromatic carbocycles. The van der Waals surface area contributed by atoms with E-state index < -0.39 is 81.4 Å². The summed E-state index contributed by atoms with van der Waals surface area (Å²) in [7, 11) is 0. The summed E-state index contributed by atoms with van der Waals surface area (Å²) in [5, 5.41) is 121. The molecule has 0 radical (unpaired) electrons. The van der Waals surface area contributed by atoms with Crippen molar-refractivity contribution in [2.75, 3.05) is 11.4 Å². The van der Waals surface area contributed by atoms with Crippen molar-refractivity contribution in [3.8, 4) is 68.7 Å². The molecule has 0 spiro atoms. The lowest BCUT2D eigenvalue weighted by Crippen LogP contribution is -2.39. The van der Waals surface area contributed by atoms with Crippen LogP contribution < -0.4 is 4.90 Å². The van der Waals surface area contributed by atoms with E-state index in [1.807, 2.05) is 84.9 Å². The molecule has 1 unspecified atom stereocenters. The molecule has 0 saturated heterocycles. The lowest BCUT2D eigenvalue weighted by atomic mass is 9.90. The molecule has 9 rings (SSSR count). The molecule has 0 heterocycles. The highest BCUT2D eigenvalue weighted by molar-refractivity contribution is 5.96. The van der Waals surface area contributed by atoms with Gasteiger partial charge in [0.2, 0.25) is 0 Å². The number of phenols is 4. The number of rotatable bonds is 10. The van der Waals surface area contributed by atoms with Crippen molar-refractivity contribution in [2.45, 2.75) is 6.04 Å². The van der Waals surface area contributed by atoms with Gasteiger partial charge in [-0.2, -0.15) is 0 Å². The van der Waals surface area contributed by atoms with Crippen LogP contribution in [0.5, 0.6) is 23.0 Å². The smallest absolute Gasteiger partial charge is 0.186 e. The van der Waals surface area contributed by atoms with Crippen molar-refractivity contribution in [3.05, 3.63) is 209 Å². The predicted octanol–water partition coefficient (Wildman–Crippen LogP) is 12.2. The van der Waals surface area contributed by atoms with E-state index in [0.29, 0.717) is 16.3 Å². The van der Waals surface area contributed by atoms with Gasteiger partial charge in [0.1, 0.15) is 17.5 Å². The fraction of sp³-hybridized carbons (Fsp3) is 0.0357. The lowest BCUT2D eigenvalue weighted by Gasteiger charge is -2.32. The van der Waals surface area contributed by atoms with Crippen LogP contribution in [-0.2, 0) is 0 Å². The number of aromatic hydroxyl groups is 4. The Kier molecular flexibility index (Phi) is 11.1. The molecule has 0 saturated carbocycles. The van der Waals surface area contributed by atoms with E-state index in [-0.39, 0.29) is 27.8 Å². The average molecular weight is 888 g/mol. The van der Waals surface area contributed by atoms with Gasteiger partial charge in [-0.15, -0.1) is 6.42 Å². The van der Waals surface area contributed by atoms with Crippen LogP contribution in [0.25, 0.3) is 66.1 Å². The van der Waals surface area contributed by atoms with Gasteiger partial charge < -0.3 is 56.0 Å². The molecule has 1 atom stereocenters. The number of aliphatic hydroxyl groups is 6. The highest BCUT2D eigenvalue weighted by Gasteiger charge is 2.43. The maximum atomic E-state index is 12.1. The molecule has 0 aromatic heterocycles. The monoisotopic (exact) mass is 887 g/mol. The standard InChI is InChI=1S/C56H41NO10/c1-2-42(58)44(39-25-26-40(33-15-5-3-6-16-33)41(29-39)34-17-7-4-8-18-34)49(60)43(59)30-57(47-50(61)45(51(62)54(47)65)37-23-21-31-13-9-11-19-35(31)27-37)48-55(66)52(63)46(53(64)56(48)67)38-24-22-32-14-10-12-20-36(32)28-38/h1,3-29,47,58-67H,30H2/b44-42+,49-43-. The zero-order valence-electron chi connectivity index (χ0n) is 35.4. The van der Waals surface area contributed by atoms with E-state index in [1.54, 1.807) is 78.9 Å². The Bertz CT molecular complexity index is 3430. The minimum Gasteiger partial charge on any atom is -0.509 e. The second-order valence-electron chi connectivity index (χ2n) is 15.9. The molecule has 10 N–H and O–H groups in total. The summed E-state index contributed by atoms with van der Waals surface area (Å²) in [6.07, 6.45) is 5.72. The van der Waals surface area contributed by atoms with Crippen molar-refractivity contribution < 1.29 is 51.1 Å². The van der Waals surface area contributed by atoms with Gasteiger partial charge in [0, 0.05) is 0 Å². The number of benzene rings is 8. The highest BCUT2D eigenvalue weighted by atomic mass is 16.3. The van der Waals surface area contributed by atoms with Crippen molar-refractivity contribution >= 4 is 38.4 Å². The summed E-state index contributed by atoms with van der Waals surface area (Å²) >= 11 is 0. The van der Waals surface area contributed by atoms with Gasteiger partial charge in [0.15, 0.2) is 51.8 Å². The molecule has 0 amide bonds. The second kappa shape index (κ2) is 17.3. The topological polar surface area (TPSA) is 206 Å². The third-order valence-electron chi connectivity index (χ3n) is 12.0. The van der Waals surface area contributed by atoms with Crippen molar-refractivity contribution in [2.24, 2.45) is 0 Å². The zero-order valence-corrected chi connectivity index (χ0v) is 35.4. The SMILES string of the molecule is C#C/C(O)=C(\C(O)=C(\O)CN(c1c(O)c(O)c(-c2ccc3ccccc3c2)c(O)c1O)C1C(O)=C(O)C(c2ccc3ccccc3c2)=C1O)c1ccc(-c2ccccc2)c(-c2ccccc2)c1. The summed E-state index contributed by atoms with van der Waals surface area (Å²) in [6, 6.07) is 46.2. The molecule has 0 bridgehead atoms. The van der Waals surface area contributed by atoms with Crippen LogP contribution in [0.3, 0.4) is 0 Å². The molecule has 1 aliphatic rings. The summed E-state index contributed by atoms with van der Waals surface area (Å²) < 4.78 is 0. The average Bonchev–Trinajstić information content (AvgIpc) is 3.58. The van der Waals surface area contributed by atoms with Crippen LogP contribution in [0.15, 0.2) is 198 Å². The third kappa shape index (κ3) is 7.54. The lowest BCUT2D eigenvalue weighted by molar-refractivity contribution is 0.287. The first-order valence-electron chi connectivity index (χ1n) is 20.9. The van der Waals surface area contributed by atoms with Crippen LogP contribution in [0, 0.1) is 12.3 Å². The van der Waals surface area contributed by atoms with E-state index in [4.69, 9.17) is 6.42 Å². The Morgan fingerprint density at radius 3 is 1.57 bits per heavy atom. The van der Waals surface area contributed by atoms with Gasteiger partial charge in [-0.1, -0.05) is 146 Å². The normalized spacial score (nSPS) is 14.5. The first kappa shape index (κ1) is 42.9. The molecule has 0 fully saturated rings. The van der Waals surface area contributed by atoms with E-state index in [0.717, 1.165) is 32.4 Å². The molecule has 330 valence electrons. The molecule has 1 aliphatic carbocycles. The summed E-state index contributed by atoms with van der Waals surface area (Å²) in [4.78, 5) is 0.757. The van der Waals surface area contributed by atoms with Gasteiger partial charge >= 0.3 is 0 Å². The van der Waals surface area contributed by atoms with Gasteiger partial charge in [0.05, 0.1) is 23.3 Å². The van der Waals surface area contributed by atoms with Crippen LogP contribution >= 0.6 is 0 Å². The first-order chi connectivity index (χ1) is 32.4. The first-order valence-corrected chi connectivity index (χ1v) is 20.9. The van der Waals surface area contributed by atoms with Crippen LogP contribution in [0.4, 0.5) is 5.69 Å². The quantitative estimate of drug-likeness (QED) is 0.0206. The number of anilines is 1. The fourth-order valence-electron chi connectivity index (χ4n) is 8.71. The molecule has 67 heavy (non-hydrogen) atoms. The van der Waals surface area contributed by atoms with E-state index in [2.05, 4.69) is 5.92 Å². The molecule has 8 aromatic rings. The number of hydrogen-bond donors (Lipinski definition) is 10. The van der Waals surface area contributed by atoms with E-state index >= 15 is 0 Å². The Labute approximate surface area is 383 Å². The Hall–Kier alpha value is -9.40. The van der Waals surface area contributed by atoms with E-state index in [9.17, 15) is 51.1 Å². The van der Waals surface area contributed by atoms with Crippen LogP contribution in [0.2, 0.25) is 0 Å². The molecular weight excluding hydrogens is 847 g/mol. The Balaban J connectivity index is 1.23. The van der Waals surface area contributed by atoms with E-state index in [1.165, 1.54) is 0 Å². The largest absolute Gasteiger partial charge is 0.509 e. The highest BCUT2D eigenvalue weighted by Crippen LogP contribution is 2.57. The fourth-order valence-corrected chi connectivity index (χ4v) is 8.71.